The lowest BCUT2D eigenvalue weighted by molar-refractivity contribution is 0.0531. The molecule has 1 amide bonds. The summed E-state index contributed by atoms with van der Waals surface area (Å²) in [5.41, 5.74) is -0.605. The topological polar surface area (TPSA) is 73.7 Å². The Morgan fingerprint density at radius 2 is 1.54 bits per heavy atom. The van der Waals surface area contributed by atoms with Crippen LogP contribution in [0.5, 0.6) is 0 Å². The first-order chi connectivity index (χ1) is 16.4. The van der Waals surface area contributed by atoms with Gasteiger partial charge in [-0.25, -0.2) is 24.0 Å². The molecule has 0 aliphatic rings. The molecule has 35 heavy (non-hydrogen) atoms. The van der Waals surface area contributed by atoms with E-state index in [4.69, 9.17) is 20.9 Å². The second-order valence-corrected chi connectivity index (χ2v) is 11.0. The van der Waals surface area contributed by atoms with Crippen LogP contribution in [0, 0.1) is 12.3 Å². The maximum absolute atomic E-state index is 13.2. The SMILES string of the molecule is C#CCCCCCc1cn(C(=O)OC(C)(C)C)c(N(CCCCCCCC)C(=O)OC(C)(C)C)n1. The van der Waals surface area contributed by atoms with Gasteiger partial charge in [-0.15, -0.1) is 12.3 Å². The minimum Gasteiger partial charge on any atom is -0.443 e. The molecule has 0 aliphatic heterocycles. The zero-order chi connectivity index (χ0) is 26.5. The van der Waals surface area contributed by atoms with Gasteiger partial charge in [0.05, 0.1) is 5.69 Å². The Kier molecular flexibility index (Phi) is 12.9. The second kappa shape index (κ2) is 14.8. The number of ether oxygens (including phenoxy) is 2. The predicted molar refractivity (Wildman–Crippen MR) is 142 cm³/mol. The number of imidazole rings is 1. The van der Waals surface area contributed by atoms with Crippen molar-refractivity contribution < 1.29 is 19.1 Å². The molecule has 0 fully saturated rings. The largest absolute Gasteiger partial charge is 0.443 e. The first-order valence-electron chi connectivity index (χ1n) is 13.1. The highest BCUT2D eigenvalue weighted by molar-refractivity contribution is 5.88. The molecule has 1 aromatic heterocycles. The van der Waals surface area contributed by atoms with Crippen molar-refractivity contribution in [2.75, 3.05) is 11.4 Å². The lowest BCUT2D eigenvalue weighted by atomic mass is 10.1. The summed E-state index contributed by atoms with van der Waals surface area (Å²) in [6.07, 6.45) is 16.7. The Bertz CT molecular complexity index is 825. The maximum Gasteiger partial charge on any atom is 0.421 e. The minimum atomic E-state index is -0.677. The third-order valence-corrected chi connectivity index (χ3v) is 5.17. The van der Waals surface area contributed by atoms with E-state index < -0.39 is 23.4 Å². The number of anilines is 1. The van der Waals surface area contributed by atoms with E-state index in [0.29, 0.717) is 13.0 Å². The van der Waals surface area contributed by atoms with Crippen LogP contribution in [0.3, 0.4) is 0 Å². The zero-order valence-corrected chi connectivity index (χ0v) is 23.1. The number of aryl methyl sites for hydroxylation is 1. The van der Waals surface area contributed by atoms with Crippen LogP contribution < -0.4 is 4.90 Å². The number of terminal acetylenes is 1. The third kappa shape index (κ3) is 12.7. The molecule has 0 radical (unpaired) electrons. The van der Waals surface area contributed by atoms with Crippen LogP contribution in [0.15, 0.2) is 6.20 Å². The van der Waals surface area contributed by atoms with Crippen LogP contribution in [0.4, 0.5) is 15.5 Å². The lowest BCUT2D eigenvalue weighted by Crippen LogP contribution is -2.40. The molecule has 0 N–H and O–H groups in total. The van der Waals surface area contributed by atoms with Crippen LogP contribution in [0.1, 0.15) is 118 Å². The summed E-state index contributed by atoms with van der Waals surface area (Å²) in [4.78, 5) is 32.5. The molecule has 0 atom stereocenters. The Morgan fingerprint density at radius 1 is 0.943 bits per heavy atom. The molecular formula is C28H47N3O4. The van der Waals surface area contributed by atoms with Gasteiger partial charge in [0, 0.05) is 19.2 Å². The molecule has 0 saturated carbocycles. The van der Waals surface area contributed by atoms with Gasteiger partial charge in [-0.2, -0.15) is 0 Å². The summed E-state index contributed by atoms with van der Waals surface area (Å²) in [7, 11) is 0. The summed E-state index contributed by atoms with van der Waals surface area (Å²) in [5.74, 6) is 2.91. The average molecular weight is 490 g/mol. The van der Waals surface area contributed by atoms with Gasteiger partial charge < -0.3 is 9.47 Å². The van der Waals surface area contributed by atoms with Crippen molar-refractivity contribution in [3.63, 3.8) is 0 Å². The molecule has 0 unspecified atom stereocenters. The Hall–Kier alpha value is -2.49. The average Bonchev–Trinajstić information content (AvgIpc) is 3.14. The second-order valence-electron chi connectivity index (χ2n) is 11.0. The van der Waals surface area contributed by atoms with Gasteiger partial charge in [-0.05, 0) is 67.2 Å². The van der Waals surface area contributed by atoms with Crippen LogP contribution >= 0.6 is 0 Å². The molecule has 0 aromatic carbocycles. The maximum atomic E-state index is 13.2. The number of hydrogen-bond donors (Lipinski definition) is 0. The number of unbranched alkanes of at least 4 members (excludes halogenated alkanes) is 8. The fourth-order valence-corrected chi connectivity index (χ4v) is 3.52. The summed E-state index contributed by atoms with van der Waals surface area (Å²) in [6.45, 7) is 13.5. The van der Waals surface area contributed by atoms with Gasteiger partial charge in [-0.1, -0.05) is 45.4 Å². The Balaban J connectivity index is 3.18. The highest BCUT2D eigenvalue weighted by Gasteiger charge is 2.30. The van der Waals surface area contributed by atoms with Crippen molar-refractivity contribution in [3.05, 3.63) is 11.9 Å². The molecule has 0 saturated heterocycles. The number of nitrogens with zero attached hydrogens (tertiary/aromatic N) is 3. The molecule has 1 aromatic rings. The van der Waals surface area contributed by atoms with Gasteiger partial charge in [0.25, 0.3) is 0 Å². The number of carbonyl (C=O) groups is 2. The fraction of sp³-hybridized carbons (Fsp3) is 0.750. The predicted octanol–water partition coefficient (Wildman–Crippen LogP) is 7.50. The van der Waals surface area contributed by atoms with Crippen LogP contribution in [0.25, 0.3) is 0 Å². The summed E-state index contributed by atoms with van der Waals surface area (Å²) in [5, 5.41) is 0. The van der Waals surface area contributed by atoms with E-state index in [9.17, 15) is 9.59 Å². The van der Waals surface area contributed by atoms with Crippen LogP contribution in [-0.2, 0) is 15.9 Å². The lowest BCUT2D eigenvalue weighted by Gasteiger charge is -2.27. The van der Waals surface area contributed by atoms with E-state index in [1.165, 1.54) is 28.7 Å². The molecule has 0 bridgehead atoms. The molecule has 198 valence electrons. The van der Waals surface area contributed by atoms with Crippen molar-refractivity contribution in [3.8, 4) is 12.3 Å². The van der Waals surface area contributed by atoms with E-state index in [0.717, 1.165) is 50.6 Å². The van der Waals surface area contributed by atoms with Crippen LogP contribution in [0.2, 0.25) is 0 Å². The van der Waals surface area contributed by atoms with Crippen LogP contribution in [-0.4, -0.2) is 39.5 Å². The third-order valence-electron chi connectivity index (χ3n) is 5.17. The van der Waals surface area contributed by atoms with Gasteiger partial charge in [0.1, 0.15) is 11.2 Å². The van der Waals surface area contributed by atoms with Gasteiger partial charge in [0.15, 0.2) is 0 Å². The number of amides is 1. The van der Waals surface area contributed by atoms with E-state index in [2.05, 4.69) is 12.8 Å². The van der Waals surface area contributed by atoms with Gasteiger partial charge in [-0.3, -0.25) is 0 Å². The molecule has 1 rings (SSSR count). The first-order valence-corrected chi connectivity index (χ1v) is 13.1. The van der Waals surface area contributed by atoms with Crippen molar-refractivity contribution in [1.29, 1.82) is 0 Å². The number of rotatable bonds is 13. The van der Waals surface area contributed by atoms with Gasteiger partial charge in [0.2, 0.25) is 5.95 Å². The monoisotopic (exact) mass is 489 g/mol. The highest BCUT2D eigenvalue weighted by atomic mass is 16.6. The molecule has 0 aliphatic carbocycles. The smallest absolute Gasteiger partial charge is 0.421 e. The highest BCUT2D eigenvalue weighted by Crippen LogP contribution is 2.23. The summed E-state index contributed by atoms with van der Waals surface area (Å²) in [6, 6.07) is 0. The van der Waals surface area contributed by atoms with Gasteiger partial charge >= 0.3 is 12.2 Å². The zero-order valence-electron chi connectivity index (χ0n) is 23.1. The van der Waals surface area contributed by atoms with E-state index >= 15 is 0 Å². The molecule has 7 heteroatoms. The first kappa shape index (κ1) is 30.5. The van der Waals surface area contributed by atoms with Crippen molar-refractivity contribution >= 4 is 18.1 Å². The quantitative estimate of drug-likeness (QED) is 0.212. The number of hydrogen-bond acceptors (Lipinski definition) is 5. The standard InChI is InChI=1S/C28H47N3O4/c1-9-11-13-15-17-19-21-30(25(32)34-27(3,4)5)24-29-23(20-18-16-14-12-10-2)22-31(24)26(33)35-28(6,7)8/h2,22H,9,11-21H2,1,3-8H3. The van der Waals surface area contributed by atoms with E-state index in [-0.39, 0.29) is 5.95 Å². The molecular weight excluding hydrogens is 442 g/mol. The summed E-state index contributed by atoms with van der Waals surface area (Å²) < 4.78 is 12.7. The molecule has 7 nitrogen and oxygen atoms in total. The number of carbonyl (C=O) groups excluding carboxylic acids is 2. The summed E-state index contributed by atoms with van der Waals surface area (Å²) >= 11 is 0. The fourth-order valence-electron chi connectivity index (χ4n) is 3.52. The van der Waals surface area contributed by atoms with E-state index in [1.807, 2.05) is 41.5 Å². The van der Waals surface area contributed by atoms with Crippen molar-refractivity contribution in [1.82, 2.24) is 9.55 Å². The molecule has 0 spiro atoms. The van der Waals surface area contributed by atoms with Crippen molar-refractivity contribution in [2.24, 2.45) is 0 Å². The van der Waals surface area contributed by atoms with E-state index in [1.54, 1.807) is 6.20 Å². The number of aromatic nitrogens is 2. The Labute approximate surface area is 213 Å². The molecule has 1 heterocycles. The minimum absolute atomic E-state index is 0.251. The normalized spacial score (nSPS) is 11.7. The van der Waals surface area contributed by atoms with Crippen molar-refractivity contribution in [2.45, 2.75) is 130 Å². The Morgan fingerprint density at radius 3 is 2.14 bits per heavy atom.